The van der Waals surface area contributed by atoms with Crippen LogP contribution in [0.15, 0.2) is 41.3 Å². The highest BCUT2D eigenvalue weighted by atomic mass is 32.2. The van der Waals surface area contributed by atoms with Crippen LogP contribution in [-0.4, -0.2) is 14.3 Å². The van der Waals surface area contributed by atoms with Crippen molar-refractivity contribution in [1.82, 2.24) is 0 Å². The number of carbonyl (C=O) groups is 1. The van der Waals surface area contributed by atoms with E-state index in [-0.39, 0.29) is 16.7 Å². The van der Waals surface area contributed by atoms with E-state index in [1.807, 2.05) is 25.1 Å². The number of nitrogens with two attached hydrogens (primary N) is 1. The zero-order chi connectivity index (χ0) is 18.2. The molecule has 3 rings (SSSR count). The van der Waals surface area contributed by atoms with Crippen molar-refractivity contribution in [2.45, 2.75) is 43.9 Å². The van der Waals surface area contributed by atoms with Crippen molar-refractivity contribution in [3.8, 4) is 0 Å². The first-order valence-electron chi connectivity index (χ1n) is 8.30. The second kappa shape index (κ2) is 6.61. The van der Waals surface area contributed by atoms with Gasteiger partial charge in [0.15, 0.2) is 0 Å². The third kappa shape index (κ3) is 3.60. The highest BCUT2D eigenvalue weighted by molar-refractivity contribution is 7.89. The number of hydrogen-bond donors (Lipinski definition) is 2. The number of fused-ring (bicyclic) bond motifs is 1. The molecule has 0 saturated heterocycles. The van der Waals surface area contributed by atoms with E-state index in [1.165, 1.54) is 17.7 Å². The summed E-state index contributed by atoms with van der Waals surface area (Å²) < 4.78 is 23.3. The molecule has 1 amide bonds. The van der Waals surface area contributed by atoms with Crippen LogP contribution < -0.4 is 10.5 Å². The first kappa shape index (κ1) is 17.6. The Hall–Kier alpha value is -2.18. The Bertz CT molecular complexity index is 936. The molecule has 0 saturated carbocycles. The van der Waals surface area contributed by atoms with Gasteiger partial charge in [-0.15, -0.1) is 0 Å². The van der Waals surface area contributed by atoms with Crippen molar-refractivity contribution in [3.63, 3.8) is 0 Å². The summed E-state index contributed by atoms with van der Waals surface area (Å²) in [5.41, 5.74) is 4.37. The van der Waals surface area contributed by atoms with Crippen LogP contribution in [0.2, 0.25) is 0 Å². The molecule has 132 valence electrons. The molecular weight excluding hydrogens is 336 g/mol. The second-order valence-electron chi connectivity index (χ2n) is 6.59. The van der Waals surface area contributed by atoms with Gasteiger partial charge in [0.05, 0.1) is 10.8 Å². The lowest BCUT2D eigenvalue weighted by atomic mass is 9.82. The van der Waals surface area contributed by atoms with Crippen molar-refractivity contribution in [2.24, 2.45) is 5.14 Å². The number of carbonyl (C=O) groups excluding carboxylic acids is 1. The second-order valence-corrected chi connectivity index (χ2v) is 8.15. The number of amides is 1. The van der Waals surface area contributed by atoms with Gasteiger partial charge in [0.2, 0.25) is 15.9 Å². The zero-order valence-electron chi connectivity index (χ0n) is 14.4. The first-order chi connectivity index (χ1) is 11.8. The smallest absolute Gasteiger partial charge is 0.238 e. The highest BCUT2D eigenvalue weighted by Gasteiger charge is 2.27. The fraction of sp³-hybridized carbons (Fsp3) is 0.316. The number of benzene rings is 2. The molecule has 2 aromatic rings. The van der Waals surface area contributed by atoms with E-state index < -0.39 is 10.0 Å². The van der Waals surface area contributed by atoms with Gasteiger partial charge in [0.25, 0.3) is 0 Å². The lowest BCUT2D eigenvalue weighted by Gasteiger charge is -2.25. The van der Waals surface area contributed by atoms with Crippen LogP contribution in [0.5, 0.6) is 0 Å². The van der Waals surface area contributed by atoms with E-state index in [2.05, 4.69) is 11.4 Å². The van der Waals surface area contributed by atoms with Crippen LogP contribution in [0.25, 0.3) is 0 Å². The SMILES string of the molecule is Cc1cc(S(N)(=O)=O)cc(NC(=O)C2CCCc3ccccc32)c1C. The maximum absolute atomic E-state index is 12.9. The Morgan fingerprint density at radius 3 is 2.64 bits per heavy atom. The molecule has 1 unspecified atom stereocenters. The van der Waals surface area contributed by atoms with Crippen LogP contribution in [0, 0.1) is 13.8 Å². The maximum atomic E-state index is 12.9. The molecule has 25 heavy (non-hydrogen) atoms. The van der Waals surface area contributed by atoms with Gasteiger partial charge in [-0.1, -0.05) is 24.3 Å². The van der Waals surface area contributed by atoms with Crippen LogP contribution >= 0.6 is 0 Å². The number of sulfonamides is 1. The molecule has 0 aliphatic heterocycles. The van der Waals surface area contributed by atoms with Gasteiger partial charge in [-0.05, 0) is 67.5 Å². The monoisotopic (exact) mass is 358 g/mol. The number of hydrogen-bond acceptors (Lipinski definition) is 3. The number of aryl methyl sites for hydroxylation is 2. The van der Waals surface area contributed by atoms with Crippen molar-refractivity contribution >= 4 is 21.6 Å². The Labute approximate surface area is 148 Å². The summed E-state index contributed by atoms with van der Waals surface area (Å²) in [6.45, 7) is 3.66. The summed E-state index contributed by atoms with van der Waals surface area (Å²) in [6, 6.07) is 11.0. The van der Waals surface area contributed by atoms with Gasteiger partial charge in [-0.2, -0.15) is 0 Å². The summed E-state index contributed by atoms with van der Waals surface area (Å²) in [5.74, 6) is -0.330. The molecule has 2 aromatic carbocycles. The lowest BCUT2D eigenvalue weighted by Crippen LogP contribution is -2.25. The van der Waals surface area contributed by atoms with Crippen LogP contribution in [0.3, 0.4) is 0 Å². The third-order valence-corrected chi connectivity index (χ3v) is 5.81. The fourth-order valence-corrected chi connectivity index (χ4v) is 3.99. The van der Waals surface area contributed by atoms with E-state index in [0.717, 1.165) is 36.0 Å². The summed E-state index contributed by atoms with van der Waals surface area (Å²) in [7, 11) is -3.83. The summed E-state index contributed by atoms with van der Waals surface area (Å²) in [6.07, 6.45) is 2.74. The van der Waals surface area contributed by atoms with Crippen molar-refractivity contribution in [2.75, 3.05) is 5.32 Å². The van der Waals surface area contributed by atoms with Gasteiger partial charge in [0, 0.05) is 5.69 Å². The minimum atomic E-state index is -3.83. The summed E-state index contributed by atoms with van der Waals surface area (Å²) in [5, 5.41) is 8.16. The Balaban J connectivity index is 1.93. The average Bonchev–Trinajstić information content (AvgIpc) is 2.57. The quantitative estimate of drug-likeness (QED) is 0.884. The van der Waals surface area contributed by atoms with Crippen LogP contribution in [-0.2, 0) is 21.2 Å². The number of primary sulfonamides is 1. The molecular formula is C19H22N2O3S. The Morgan fingerprint density at radius 1 is 1.20 bits per heavy atom. The molecule has 6 heteroatoms. The number of rotatable bonds is 3. The first-order valence-corrected chi connectivity index (χ1v) is 9.84. The molecule has 5 nitrogen and oxygen atoms in total. The van der Waals surface area contributed by atoms with Crippen molar-refractivity contribution < 1.29 is 13.2 Å². The van der Waals surface area contributed by atoms with E-state index in [1.54, 1.807) is 6.92 Å². The molecule has 3 N–H and O–H groups in total. The topological polar surface area (TPSA) is 89.3 Å². The maximum Gasteiger partial charge on any atom is 0.238 e. The van der Waals surface area contributed by atoms with E-state index >= 15 is 0 Å². The van der Waals surface area contributed by atoms with Gasteiger partial charge in [-0.25, -0.2) is 13.6 Å². The normalized spacial score (nSPS) is 17.0. The molecule has 1 atom stereocenters. The predicted molar refractivity (Wildman–Crippen MR) is 98.0 cm³/mol. The van der Waals surface area contributed by atoms with Gasteiger partial charge in [0.1, 0.15) is 0 Å². The predicted octanol–water partition coefficient (Wildman–Crippen LogP) is 3.01. The molecule has 0 radical (unpaired) electrons. The molecule has 0 heterocycles. The van der Waals surface area contributed by atoms with E-state index in [9.17, 15) is 13.2 Å². The third-order valence-electron chi connectivity index (χ3n) is 4.91. The van der Waals surface area contributed by atoms with Gasteiger partial charge < -0.3 is 5.32 Å². The lowest BCUT2D eigenvalue weighted by molar-refractivity contribution is -0.117. The fourth-order valence-electron chi connectivity index (χ4n) is 3.37. The number of nitrogens with one attached hydrogen (secondary N) is 1. The van der Waals surface area contributed by atoms with Crippen LogP contribution in [0.4, 0.5) is 5.69 Å². The average molecular weight is 358 g/mol. The molecule has 0 aromatic heterocycles. The van der Waals surface area contributed by atoms with E-state index in [4.69, 9.17) is 5.14 Å². The molecule has 1 aliphatic carbocycles. The summed E-state index contributed by atoms with van der Waals surface area (Å²) >= 11 is 0. The molecule has 0 fully saturated rings. The van der Waals surface area contributed by atoms with Crippen molar-refractivity contribution in [3.05, 3.63) is 58.7 Å². The Morgan fingerprint density at radius 2 is 1.92 bits per heavy atom. The Kier molecular flexibility index (Phi) is 4.67. The minimum absolute atomic E-state index is 0.00921. The molecule has 1 aliphatic rings. The van der Waals surface area contributed by atoms with Crippen LogP contribution in [0.1, 0.15) is 41.0 Å². The standard InChI is InChI=1S/C19H22N2O3S/c1-12-10-15(25(20,23)24)11-18(13(12)2)21-19(22)17-9-5-7-14-6-3-4-8-16(14)17/h3-4,6,8,10-11,17H,5,7,9H2,1-2H3,(H,21,22)(H2,20,23,24). The van der Waals surface area contributed by atoms with E-state index in [0.29, 0.717) is 5.69 Å². The van der Waals surface area contributed by atoms with Gasteiger partial charge >= 0.3 is 0 Å². The van der Waals surface area contributed by atoms with Gasteiger partial charge in [-0.3, -0.25) is 4.79 Å². The molecule has 0 spiro atoms. The summed E-state index contributed by atoms with van der Waals surface area (Å²) in [4.78, 5) is 12.9. The zero-order valence-corrected chi connectivity index (χ0v) is 15.2. The molecule has 0 bridgehead atoms. The highest BCUT2D eigenvalue weighted by Crippen LogP contribution is 2.33. The largest absolute Gasteiger partial charge is 0.325 e. The minimum Gasteiger partial charge on any atom is -0.325 e. The van der Waals surface area contributed by atoms with Crippen molar-refractivity contribution in [1.29, 1.82) is 0 Å². The number of anilines is 1.